The van der Waals surface area contributed by atoms with Crippen LogP contribution in [0.15, 0.2) is 59.5 Å². The molecule has 1 aliphatic carbocycles. The van der Waals surface area contributed by atoms with Crippen LogP contribution in [0.3, 0.4) is 0 Å². The van der Waals surface area contributed by atoms with Gasteiger partial charge in [0.2, 0.25) is 15.9 Å². The van der Waals surface area contributed by atoms with Gasteiger partial charge in [-0.2, -0.15) is 9.57 Å². The molecule has 4 rings (SSSR count). The summed E-state index contributed by atoms with van der Waals surface area (Å²) in [5.74, 6) is -0.567. The fourth-order valence-electron chi connectivity index (χ4n) is 3.82. The molecule has 6 nitrogen and oxygen atoms in total. The van der Waals surface area contributed by atoms with Gasteiger partial charge in [-0.05, 0) is 55.5 Å². The zero-order valence-electron chi connectivity index (χ0n) is 16.0. The summed E-state index contributed by atoms with van der Waals surface area (Å²) in [6, 6.07) is 18.1. The standard InChI is InChI=1S/C22H23N3O3S/c23-16-22(12-13-22)18-8-10-19(11-9-18)24-21(26)17-5-4-14-25(15-17)29(27,28)20-6-2-1-3-7-20/h1-3,6-11,17H,4-5,12-15H2,(H,24,26)/t17-/m0/s1. The van der Waals surface area contributed by atoms with E-state index in [1.807, 2.05) is 24.3 Å². The molecule has 2 aliphatic rings. The Balaban J connectivity index is 1.42. The van der Waals surface area contributed by atoms with Crippen molar-refractivity contribution in [3.8, 4) is 6.07 Å². The first-order valence-electron chi connectivity index (χ1n) is 9.82. The molecular weight excluding hydrogens is 386 g/mol. The van der Waals surface area contributed by atoms with Crippen LogP contribution < -0.4 is 5.32 Å². The molecule has 2 aromatic carbocycles. The molecule has 0 aromatic heterocycles. The number of benzene rings is 2. The third kappa shape index (κ3) is 3.91. The highest BCUT2D eigenvalue weighted by Gasteiger charge is 2.44. The first-order valence-corrected chi connectivity index (χ1v) is 11.3. The van der Waals surface area contributed by atoms with Crippen LogP contribution in [-0.2, 0) is 20.2 Å². The smallest absolute Gasteiger partial charge is 0.243 e. The van der Waals surface area contributed by atoms with Crippen molar-refractivity contribution in [2.45, 2.75) is 36.0 Å². The normalized spacial score (nSPS) is 21.1. The number of carbonyl (C=O) groups excluding carboxylic acids is 1. The molecule has 7 heteroatoms. The summed E-state index contributed by atoms with van der Waals surface area (Å²) in [4.78, 5) is 13.0. The number of nitriles is 1. The maximum Gasteiger partial charge on any atom is 0.243 e. The van der Waals surface area contributed by atoms with Gasteiger partial charge in [0.15, 0.2) is 0 Å². The van der Waals surface area contributed by atoms with E-state index in [1.54, 1.807) is 30.3 Å². The topological polar surface area (TPSA) is 90.3 Å². The number of anilines is 1. The molecule has 1 heterocycles. The molecule has 0 radical (unpaired) electrons. The minimum Gasteiger partial charge on any atom is -0.326 e. The number of nitrogens with zero attached hydrogens (tertiary/aromatic N) is 2. The van der Waals surface area contributed by atoms with E-state index in [0.29, 0.717) is 25.1 Å². The summed E-state index contributed by atoms with van der Waals surface area (Å²) in [7, 11) is -3.60. The number of hydrogen-bond donors (Lipinski definition) is 1. The maximum absolute atomic E-state index is 12.8. The summed E-state index contributed by atoms with van der Waals surface area (Å²) >= 11 is 0. The van der Waals surface area contributed by atoms with E-state index >= 15 is 0 Å². The monoisotopic (exact) mass is 409 g/mol. The lowest BCUT2D eigenvalue weighted by atomic mass is 9.97. The van der Waals surface area contributed by atoms with Crippen molar-refractivity contribution in [3.63, 3.8) is 0 Å². The van der Waals surface area contributed by atoms with Crippen LogP contribution in [0.5, 0.6) is 0 Å². The number of rotatable bonds is 5. The summed E-state index contributed by atoms with van der Waals surface area (Å²) in [5, 5.41) is 12.2. The average molecular weight is 410 g/mol. The molecule has 0 spiro atoms. The van der Waals surface area contributed by atoms with E-state index in [-0.39, 0.29) is 22.8 Å². The van der Waals surface area contributed by atoms with Crippen molar-refractivity contribution in [2.24, 2.45) is 5.92 Å². The van der Waals surface area contributed by atoms with E-state index in [9.17, 15) is 18.5 Å². The summed E-state index contributed by atoms with van der Waals surface area (Å²) in [5.41, 5.74) is 1.30. The second kappa shape index (κ2) is 7.62. The lowest BCUT2D eigenvalue weighted by molar-refractivity contribution is -0.120. The second-order valence-electron chi connectivity index (χ2n) is 7.78. The molecule has 1 amide bonds. The summed E-state index contributed by atoms with van der Waals surface area (Å²) in [6.07, 6.45) is 3.06. The average Bonchev–Trinajstić information content (AvgIpc) is 3.56. The zero-order valence-corrected chi connectivity index (χ0v) is 16.9. The van der Waals surface area contributed by atoms with Crippen molar-refractivity contribution in [1.29, 1.82) is 5.26 Å². The van der Waals surface area contributed by atoms with Gasteiger partial charge in [0.05, 0.1) is 22.3 Å². The van der Waals surface area contributed by atoms with Gasteiger partial charge in [-0.25, -0.2) is 8.42 Å². The van der Waals surface area contributed by atoms with Crippen LogP contribution in [0.4, 0.5) is 5.69 Å². The highest BCUT2D eigenvalue weighted by atomic mass is 32.2. The Hall–Kier alpha value is -2.69. The highest BCUT2D eigenvalue weighted by Crippen LogP contribution is 2.47. The number of nitrogens with one attached hydrogen (secondary N) is 1. The third-order valence-corrected chi connectivity index (χ3v) is 7.68. The molecular formula is C22H23N3O3S. The molecule has 1 aliphatic heterocycles. The largest absolute Gasteiger partial charge is 0.326 e. The Morgan fingerprint density at radius 2 is 1.79 bits per heavy atom. The fourth-order valence-corrected chi connectivity index (χ4v) is 5.37. The Bertz CT molecular complexity index is 1040. The number of sulfonamides is 1. The highest BCUT2D eigenvalue weighted by molar-refractivity contribution is 7.89. The van der Waals surface area contributed by atoms with Crippen LogP contribution in [0.2, 0.25) is 0 Å². The van der Waals surface area contributed by atoms with E-state index in [0.717, 1.165) is 18.4 Å². The quantitative estimate of drug-likeness (QED) is 0.820. The van der Waals surface area contributed by atoms with E-state index < -0.39 is 15.9 Å². The van der Waals surface area contributed by atoms with Crippen LogP contribution in [0, 0.1) is 17.2 Å². The van der Waals surface area contributed by atoms with Crippen LogP contribution in [0.1, 0.15) is 31.2 Å². The summed E-state index contributed by atoms with van der Waals surface area (Å²) < 4.78 is 27.1. The predicted molar refractivity (Wildman–Crippen MR) is 110 cm³/mol. The van der Waals surface area contributed by atoms with Gasteiger partial charge in [0.1, 0.15) is 0 Å². The van der Waals surface area contributed by atoms with Gasteiger partial charge < -0.3 is 5.32 Å². The summed E-state index contributed by atoms with van der Waals surface area (Å²) in [6.45, 7) is 0.602. The number of hydrogen-bond acceptors (Lipinski definition) is 4. The number of amides is 1. The van der Waals surface area contributed by atoms with E-state index in [4.69, 9.17) is 0 Å². The first kappa shape index (κ1) is 19.6. The van der Waals surface area contributed by atoms with Gasteiger partial charge in [0.25, 0.3) is 0 Å². The molecule has 0 unspecified atom stereocenters. The Labute approximate surface area is 171 Å². The second-order valence-corrected chi connectivity index (χ2v) is 9.71. The van der Waals surface area contributed by atoms with Crippen molar-refractivity contribution in [1.82, 2.24) is 4.31 Å². The van der Waals surface area contributed by atoms with Gasteiger partial charge in [-0.1, -0.05) is 30.3 Å². The molecule has 1 saturated carbocycles. The lowest BCUT2D eigenvalue weighted by Crippen LogP contribution is -2.43. The Morgan fingerprint density at radius 1 is 1.10 bits per heavy atom. The van der Waals surface area contributed by atoms with Crippen molar-refractivity contribution < 1.29 is 13.2 Å². The van der Waals surface area contributed by atoms with Crippen LogP contribution in [-0.4, -0.2) is 31.7 Å². The minimum absolute atomic E-state index is 0.174. The molecule has 1 N–H and O–H groups in total. The van der Waals surface area contributed by atoms with Gasteiger partial charge in [-0.3, -0.25) is 4.79 Å². The molecule has 2 fully saturated rings. The van der Waals surface area contributed by atoms with E-state index in [2.05, 4.69) is 11.4 Å². The molecule has 1 saturated heterocycles. The third-order valence-electron chi connectivity index (χ3n) is 5.80. The Kier molecular flexibility index (Phi) is 5.15. The minimum atomic E-state index is -3.60. The fraction of sp³-hybridized carbons (Fsp3) is 0.364. The van der Waals surface area contributed by atoms with Gasteiger partial charge in [-0.15, -0.1) is 0 Å². The maximum atomic E-state index is 12.8. The molecule has 1 atom stereocenters. The SMILES string of the molecule is N#CC1(c2ccc(NC(=O)[C@H]3CCCN(S(=O)(=O)c4ccccc4)C3)cc2)CC1. The van der Waals surface area contributed by atoms with Crippen LogP contribution in [0.25, 0.3) is 0 Å². The zero-order chi connectivity index (χ0) is 20.5. The molecule has 29 heavy (non-hydrogen) atoms. The van der Waals surface area contributed by atoms with Crippen molar-refractivity contribution in [3.05, 3.63) is 60.2 Å². The van der Waals surface area contributed by atoms with Gasteiger partial charge >= 0.3 is 0 Å². The van der Waals surface area contributed by atoms with Crippen molar-refractivity contribution in [2.75, 3.05) is 18.4 Å². The van der Waals surface area contributed by atoms with Crippen molar-refractivity contribution >= 4 is 21.6 Å². The molecule has 2 aromatic rings. The first-order chi connectivity index (χ1) is 13.9. The van der Waals surface area contributed by atoms with Crippen LogP contribution >= 0.6 is 0 Å². The Morgan fingerprint density at radius 3 is 2.41 bits per heavy atom. The molecule has 150 valence electrons. The number of piperidine rings is 1. The molecule has 0 bridgehead atoms. The predicted octanol–water partition coefficient (Wildman–Crippen LogP) is 3.28. The van der Waals surface area contributed by atoms with Gasteiger partial charge in [0, 0.05) is 18.8 Å². The van der Waals surface area contributed by atoms with E-state index in [1.165, 1.54) is 4.31 Å². The number of carbonyl (C=O) groups is 1. The lowest BCUT2D eigenvalue weighted by Gasteiger charge is -2.31.